The van der Waals surface area contributed by atoms with Gasteiger partial charge in [-0.2, -0.15) is 5.10 Å². The zero-order valence-corrected chi connectivity index (χ0v) is 14.9. The molecule has 5 rings (SSSR count). The summed E-state index contributed by atoms with van der Waals surface area (Å²) < 4.78 is 9.27. The van der Waals surface area contributed by atoms with Gasteiger partial charge in [-0.3, -0.25) is 4.79 Å². The Morgan fingerprint density at radius 1 is 1.04 bits per heavy atom. The number of rotatable bonds is 3. The van der Waals surface area contributed by atoms with Crippen LogP contribution in [0.25, 0.3) is 11.5 Å². The van der Waals surface area contributed by atoms with E-state index in [-0.39, 0.29) is 5.91 Å². The maximum Gasteiger partial charge on any atom is 0.290 e. The maximum atomic E-state index is 12.7. The van der Waals surface area contributed by atoms with E-state index in [9.17, 15) is 4.79 Å². The molecule has 1 amide bonds. The molecule has 27 heavy (non-hydrogen) atoms. The predicted octanol–water partition coefficient (Wildman–Crippen LogP) is 3.72. The standard InChI is InChI=1S/C21H18N4O2/c1-15-6-8-16(9-7-15)25-20(23-10-2-3-11-23)17-13-24(14-18(17)22-25)21(26)19-5-4-12-27-19/h2-12H,13-14H2,1H3. The lowest BCUT2D eigenvalue weighted by molar-refractivity contribution is 0.0717. The topological polar surface area (TPSA) is 56.2 Å². The summed E-state index contributed by atoms with van der Waals surface area (Å²) in [6.45, 7) is 3.05. The molecule has 0 unspecified atom stereocenters. The van der Waals surface area contributed by atoms with Crippen LogP contribution in [0, 0.1) is 6.92 Å². The number of amides is 1. The van der Waals surface area contributed by atoms with Crippen molar-refractivity contribution in [1.82, 2.24) is 19.2 Å². The Morgan fingerprint density at radius 3 is 2.52 bits per heavy atom. The zero-order chi connectivity index (χ0) is 18.4. The Labute approximate surface area is 156 Å². The molecule has 1 aromatic carbocycles. The molecule has 6 nitrogen and oxygen atoms in total. The van der Waals surface area contributed by atoms with Crippen LogP contribution < -0.4 is 0 Å². The average Bonchev–Trinajstić information content (AvgIpc) is 3.44. The summed E-state index contributed by atoms with van der Waals surface area (Å²) in [6.07, 6.45) is 5.52. The Hall–Kier alpha value is -3.54. The van der Waals surface area contributed by atoms with Crippen LogP contribution in [0.4, 0.5) is 0 Å². The van der Waals surface area contributed by atoms with Crippen LogP contribution in [0.3, 0.4) is 0 Å². The van der Waals surface area contributed by atoms with Gasteiger partial charge in [-0.25, -0.2) is 4.68 Å². The summed E-state index contributed by atoms with van der Waals surface area (Å²) in [5.41, 5.74) is 4.18. The largest absolute Gasteiger partial charge is 0.459 e. The van der Waals surface area contributed by atoms with E-state index < -0.39 is 0 Å². The van der Waals surface area contributed by atoms with E-state index >= 15 is 0 Å². The summed E-state index contributed by atoms with van der Waals surface area (Å²) in [5.74, 6) is 1.21. The van der Waals surface area contributed by atoms with E-state index in [4.69, 9.17) is 9.52 Å². The molecule has 0 fully saturated rings. The van der Waals surface area contributed by atoms with E-state index in [2.05, 4.69) is 31.2 Å². The molecule has 0 N–H and O–H groups in total. The molecule has 0 aliphatic carbocycles. The summed E-state index contributed by atoms with van der Waals surface area (Å²) in [5, 5.41) is 4.83. The van der Waals surface area contributed by atoms with Crippen LogP contribution in [0.5, 0.6) is 0 Å². The molecule has 4 aromatic rings. The van der Waals surface area contributed by atoms with Gasteiger partial charge < -0.3 is 13.9 Å². The molecule has 6 heteroatoms. The monoisotopic (exact) mass is 358 g/mol. The molecule has 0 bridgehead atoms. The fraction of sp³-hybridized carbons (Fsp3) is 0.143. The number of aryl methyl sites for hydroxylation is 1. The van der Waals surface area contributed by atoms with Crippen LogP contribution in [-0.2, 0) is 13.1 Å². The van der Waals surface area contributed by atoms with Crippen LogP contribution >= 0.6 is 0 Å². The van der Waals surface area contributed by atoms with Crippen LogP contribution in [0.1, 0.15) is 27.4 Å². The first-order chi connectivity index (χ1) is 13.2. The third kappa shape index (κ3) is 2.57. The smallest absolute Gasteiger partial charge is 0.290 e. The van der Waals surface area contributed by atoms with Gasteiger partial charge in [0.25, 0.3) is 5.91 Å². The second-order valence-electron chi connectivity index (χ2n) is 6.73. The number of hydrogen-bond donors (Lipinski definition) is 0. The summed E-state index contributed by atoms with van der Waals surface area (Å²) >= 11 is 0. The molecule has 4 heterocycles. The van der Waals surface area contributed by atoms with Crippen molar-refractivity contribution >= 4 is 5.91 Å². The highest BCUT2D eigenvalue weighted by atomic mass is 16.3. The number of benzene rings is 1. The second kappa shape index (κ2) is 6.02. The molecule has 3 aromatic heterocycles. The molecule has 0 saturated carbocycles. The first-order valence-electron chi connectivity index (χ1n) is 8.84. The van der Waals surface area contributed by atoms with E-state index in [0.717, 1.165) is 22.8 Å². The van der Waals surface area contributed by atoms with E-state index in [1.165, 1.54) is 11.8 Å². The highest BCUT2D eigenvalue weighted by Gasteiger charge is 2.32. The molecule has 0 spiro atoms. The first kappa shape index (κ1) is 15.7. The second-order valence-corrected chi connectivity index (χ2v) is 6.73. The summed E-state index contributed by atoms with van der Waals surface area (Å²) in [4.78, 5) is 14.4. The third-order valence-corrected chi connectivity index (χ3v) is 4.88. The normalized spacial score (nSPS) is 13.1. The summed E-state index contributed by atoms with van der Waals surface area (Å²) in [7, 11) is 0. The molecule has 134 valence electrons. The lowest BCUT2D eigenvalue weighted by Crippen LogP contribution is -2.26. The fourth-order valence-corrected chi connectivity index (χ4v) is 3.51. The summed E-state index contributed by atoms with van der Waals surface area (Å²) in [6, 6.07) is 15.7. The van der Waals surface area contributed by atoms with Crippen molar-refractivity contribution in [2.75, 3.05) is 0 Å². The van der Waals surface area contributed by atoms with Gasteiger partial charge in [0.05, 0.1) is 30.7 Å². The van der Waals surface area contributed by atoms with Gasteiger partial charge in [0.15, 0.2) is 5.76 Å². The van der Waals surface area contributed by atoms with Crippen molar-refractivity contribution in [2.45, 2.75) is 20.0 Å². The highest BCUT2D eigenvalue weighted by Crippen LogP contribution is 2.31. The minimum Gasteiger partial charge on any atom is -0.459 e. The number of hydrogen-bond acceptors (Lipinski definition) is 3. The van der Waals surface area contributed by atoms with E-state index in [1.807, 2.05) is 33.8 Å². The fourth-order valence-electron chi connectivity index (χ4n) is 3.51. The lowest BCUT2D eigenvalue weighted by Gasteiger charge is -2.16. The number of carbonyl (C=O) groups excluding carboxylic acids is 1. The molecule has 1 aliphatic rings. The van der Waals surface area contributed by atoms with Gasteiger partial charge in [0.2, 0.25) is 0 Å². The van der Waals surface area contributed by atoms with Crippen molar-refractivity contribution in [3.8, 4) is 11.5 Å². The van der Waals surface area contributed by atoms with Gasteiger partial charge >= 0.3 is 0 Å². The van der Waals surface area contributed by atoms with Crippen LogP contribution in [0.15, 0.2) is 71.6 Å². The molecule has 0 atom stereocenters. The van der Waals surface area contributed by atoms with Gasteiger partial charge in [0.1, 0.15) is 5.82 Å². The van der Waals surface area contributed by atoms with Crippen molar-refractivity contribution in [3.05, 3.63) is 89.8 Å². The molecule has 0 radical (unpaired) electrons. The Kier molecular flexibility index (Phi) is 3.50. The van der Waals surface area contributed by atoms with Crippen molar-refractivity contribution < 1.29 is 9.21 Å². The SMILES string of the molecule is Cc1ccc(-n2nc3c(c2-n2cccc2)CN(C(=O)c2ccco2)C3)cc1. The lowest BCUT2D eigenvalue weighted by atomic mass is 10.2. The van der Waals surface area contributed by atoms with Crippen LogP contribution in [0.2, 0.25) is 0 Å². The van der Waals surface area contributed by atoms with E-state index in [0.29, 0.717) is 18.8 Å². The Morgan fingerprint density at radius 2 is 1.81 bits per heavy atom. The van der Waals surface area contributed by atoms with Crippen LogP contribution in [-0.4, -0.2) is 25.2 Å². The first-order valence-corrected chi connectivity index (χ1v) is 8.84. The third-order valence-electron chi connectivity index (χ3n) is 4.88. The number of fused-ring (bicyclic) bond motifs is 1. The molecular weight excluding hydrogens is 340 g/mol. The Bertz CT molecular complexity index is 1090. The number of nitrogens with zero attached hydrogens (tertiary/aromatic N) is 4. The highest BCUT2D eigenvalue weighted by molar-refractivity contribution is 5.91. The van der Waals surface area contributed by atoms with Crippen molar-refractivity contribution in [1.29, 1.82) is 0 Å². The Balaban J connectivity index is 1.57. The molecular formula is C21H18N4O2. The molecule has 0 saturated heterocycles. The van der Waals surface area contributed by atoms with Gasteiger partial charge in [-0.1, -0.05) is 17.7 Å². The van der Waals surface area contributed by atoms with Gasteiger partial charge in [-0.05, 0) is 43.3 Å². The molecule has 1 aliphatic heterocycles. The average molecular weight is 358 g/mol. The number of furan rings is 1. The minimum absolute atomic E-state index is 0.113. The number of aromatic nitrogens is 3. The van der Waals surface area contributed by atoms with Gasteiger partial charge in [0, 0.05) is 18.0 Å². The zero-order valence-electron chi connectivity index (χ0n) is 14.9. The van der Waals surface area contributed by atoms with Crippen molar-refractivity contribution in [2.24, 2.45) is 0 Å². The van der Waals surface area contributed by atoms with E-state index in [1.54, 1.807) is 17.0 Å². The quantitative estimate of drug-likeness (QED) is 0.561. The predicted molar refractivity (Wildman–Crippen MR) is 99.9 cm³/mol. The minimum atomic E-state index is -0.113. The van der Waals surface area contributed by atoms with Crippen molar-refractivity contribution in [3.63, 3.8) is 0 Å². The maximum absolute atomic E-state index is 12.7. The number of carbonyl (C=O) groups is 1. The van der Waals surface area contributed by atoms with Gasteiger partial charge in [-0.15, -0.1) is 0 Å².